The van der Waals surface area contributed by atoms with Crippen LogP contribution in [-0.4, -0.2) is 36.7 Å². The summed E-state index contributed by atoms with van der Waals surface area (Å²) in [7, 11) is 0. The molecule has 0 spiro atoms. The third-order valence-electron chi connectivity index (χ3n) is 3.13. The van der Waals surface area contributed by atoms with Gasteiger partial charge in [0.1, 0.15) is 0 Å². The molecule has 0 aromatic rings. The van der Waals surface area contributed by atoms with Gasteiger partial charge in [0, 0.05) is 19.2 Å². The average molecular weight is 210 g/mol. The number of piperidine rings is 1. The van der Waals surface area contributed by atoms with E-state index >= 15 is 0 Å². The van der Waals surface area contributed by atoms with Crippen LogP contribution in [0, 0.1) is 11.3 Å². The standard InChI is InChI=1S/C12H22N2O/c1-3-11(7-8-13)14-9-5-6-12(10-14)15-4-2/h11-12H,3-7,9-10H2,1-2H3. The quantitative estimate of drug-likeness (QED) is 0.698. The van der Waals surface area contributed by atoms with Crippen LogP contribution in [0.2, 0.25) is 0 Å². The van der Waals surface area contributed by atoms with Gasteiger partial charge in [-0.3, -0.25) is 4.90 Å². The molecule has 0 saturated carbocycles. The fraction of sp³-hybridized carbons (Fsp3) is 0.917. The van der Waals surface area contributed by atoms with Gasteiger partial charge in [0.05, 0.1) is 18.6 Å². The summed E-state index contributed by atoms with van der Waals surface area (Å²) in [4.78, 5) is 2.42. The molecule has 2 unspecified atom stereocenters. The van der Waals surface area contributed by atoms with Crippen LogP contribution in [0.15, 0.2) is 0 Å². The van der Waals surface area contributed by atoms with Gasteiger partial charge >= 0.3 is 0 Å². The molecular weight excluding hydrogens is 188 g/mol. The molecule has 3 nitrogen and oxygen atoms in total. The van der Waals surface area contributed by atoms with Crippen molar-refractivity contribution in [2.75, 3.05) is 19.7 Å². The zero-order valence-electron chi connectivity index (χ0n) is 9.91. The first-order chi connectivity index (χ1) is 7.31. The van der Waals surface area contributed by atoms with Gasteiger partial charge in [-0.2, -0.15) is 5.26 Å². The molecule has 1 aliphatic rings. The summed E-state index contributed by atoms with van der Waals surface area (Å²) in [6, 6.07) is 2.71. The molecule has 0 radical (unpaired) electrons. The third-order valence-corrected chi connectivity index (χ3v) is 3.13. The van der Waals surface area contributed by atoms with Crippen LogP contribution in [0.3, 0.4) is 0 Å². The van der Waals surface area contributed by atoms with E-state index < -0.39 is 0 Å². The molecule has 0 aliphatic carbocycles. The summed E-state index contributed by atoms with van der Waals surface area (Å²) >= 11 is 0. The Morgan fingerprint density at radius 3 is 2.93 bits per heavy atom. The van der Waals surface area contributed by atoms with Crippen molar-refractivity contribution in [3.05, 3.63) is 0 Å². The number of ether oxygens (including phenoxy) is 1. The smallest absolute Gasteiger partial charge is 0.0702 e. The first kappa shape index (κ1) is 12.5. The highest BCUT2D eigenvalue weighted by Gasteiger charge is 2.24. The van der Waals surface area contributed by atoms with E-state index in [0.29, 0.717) is 18.6 Å². The molecule has 0 aromatic carbocycles. The van der Waals surface area contributed by atoms with E-state index in [1.165, 1.54) is 12.8 Å². The Labute approximate surface area is 93.0 Å². The number of nitrogens with zero attached hydrogens (tertiary/aromatic N) is 2. The van der Waals surface area contributed by atoms with Gasteiger partial charge in [0.25, 0.3) is 0 Å². The van der Waals surface area contributed by atoms with Crippen molar-refractivity contribution in [2.24, 2.45) is 0 Å². The van der Waals surface area contributed by atoms with Gasteiger partial charge in [-0.05, 0) is 32.7 Å². The molecule has 1 fully saturated rings. The van der Waals surface area contributed by atoms with E-state index in [4.69, 9.17) is 10.00 Å². The molecule has 1 rings (SSSR count). The fourth-order valence-corrected chi connectivity index (χ4v) is 2.31. The zero-order valence-corrected chi connectivity index (χ0v) is 9.91. The Morgan fingerprint density at radius 1 is 1.53 bits per heavy atom. The van der Waals surface area contributed by atoms with Crippen LogP contribution < -0.4 is 0 Å². The highest BCUT2D eigenvalue weighted by molar-refractivity contribution is 4.85. The second kappa shape index (κ2) is 6.81. The topological polar surface area (TPSA) is 36.3 Å². The summed E-state index contributed by atoms with van der Waals surface area (Å²) in [6.45, 7) is 7.14. The van der Waals surface area contributed by atoms with Crippen LogP contribution in [0.1, 0.15) is 39.5 Å². The van der Waals surface area contributed by atoms with Gasteiger partial charge in [0.15, 0.2) is 0 Å². The second-order valence-electron chi connectivity index (χ2n) is 4.14. The maximum atomic E-state index is 8.76. The summed E-state index contributed by atoms with van der Waals surface area (Å²) in [6.07, 6.45) is 4.47. The normalized spacial score (nSPS) is 24.7. The Bertz CT molecular complexity index is 210. The van der Waals surface area contributed by atoms with Crippen molar-refractivity contribution >= 4 is 0 Å². The third kappa shape index (κ3) is 3.81. The Hall–Kier alpha value is -0.590. The number of hydrogen-bond donors (Lipinski definition) is 0. The Morgan fingerprint density at radius 2 is 2.33 bits per heavy atom. The van der Waals surface area contributed by atoms with Crippen LogP contribution in [0.25, 0.3) is 0 Å². The number of rotatable bonds is 5. The lowest BCUT2D eigenvalue weighted by Gasteiger charge is -2.36. The molecule has 0 N–H and O–H groups in total. The van der Waals surface area contributed by atoms with E-state index in [1.54, 1.807) is 0 Å². The molecule has 86 valence electrons. The summed E-state index contributed by atoms with van der Waals surface area (Å²) < 4.78 is 5.66. The van der Waals surface area contributed by atoms with Crippen molar-refractivity contribution < 1.29 is 4.74 Å². The maximum Gasteiger partial charge on any atom is 0.0702 e. The molecular formula is C12H22N2O. The molecule has 0 amide bonds. The largest absolute Gasteiger partial charge is 0.377 e. The first-order valence-corrected chi connectivity index (χ1v) is 6.04. The van der Waals surface area contributed by atoms with Gasteiger partial charge in [-0.1, -0.05) is 6.92 Å². The van der Waals surface area contributed by atoms with Gasteiger partial charge in [-0.25, -0.2) is 0 Å². The molecule has 3 heteroatoms. The van der Waals surface area contributed by atoms with Crippen LogP contribution in [0.5, 0.6) is 0 Å². The average Bonchev–Trinajstić information content (AvgIpc) is 2.27. The lowest BCUT2D eigenvalue weighted by atomic mass is 10.0. The predicted octanol–water partition coefficient (Wildman–Crippen LogP) is 2.18. The van der Waals surface area contributed by atoms with Crippen molar-refractivity contribution in [2.45, 2.75) is 51.7 Å². The Kier molecular flexibility index (Phi) is 5.67. The van der Waals surface area contributed by atoms with E-state index in [1.807, 2.05) is 6.92 Å². The first-order valence-electron chi connectivity index (χ1n) is 6.04. The fourth-order valence-electron chi connectivity index (χ4n) is 2.31. The highest BCUT2D eigenvalue weighted by Crippen LogP contribution is 2.18. The van der Waals surface area contributed by atoms with E-state index in [-0.39, 0.29) is 0 Å². The maximum absolute atomic E-state index is 8.76. The van der Waals surface area contributed by atoms with Crippen LogP contribution in [-0.2, 0) is 4.74 Å². The lowest BCUT2D eigenvalue weighted by Crippen LogP contribution is -2.45. The number of hydrogen-bond acceptors (Lipinski definition) is 3. The molecule has 0 aromatic heterocycles. The molecule has 1 saturated heterocycles. The molecule has 0 bridgehead atoms. The van der Waals surface area contributed by atoms with Gasteiger partial charge in [0.2, 0.25) is 0 Å². The molecule has 1 heterocycles. The van der Waals surface area contributed by atoms with Crippen molar-refractivity contribution in [1.82, 2.24) is 4.90 Å². The molecule has 1 aliphatic heterocycles. The summed E-state index contributed by atoms with van der Waals surface area (Å²) in [5, 5.41) is 8.76. The van der Waals surface area contributed by atoms with Crippen LogP contribution >= 0.6 is 0 Å². The zero-order chi connectivity index (χ0) is 11.1. The van der Waals surface area contributed by atoms with Crippen LogP contribution in [0.4, 0.5) is 0 Å². The summed E-state index contributed by atoms with van der Waals surface area (Å²) in [5.41, 5.74) is 0. The molecule has 15 heavy (non-hydrogen) atoms. The van der Waals surface area contributed by atoms with Gasteiger partial charge in [-0.15, -0.1) is 0 Å². The highest BCUT2D eigenvalue weighted by atomic mass is 16.5. The second-order valence-corrected chi connectivity index (χ2v) is 4.14. The number of likely N-dealkylation sites (tertiary alicyclic amines) is 1. The van der Waals surface area contributed by atoms with Crippen molar-refractivity contribution in [3.63, 3.8) is 0 Å². The lowest BCUT2D eigenvalue weighted by molar-refractivity contribution is -0.00725. The van der Waals surface area contributed by atoms with Gasteiger partial charge < -0.3 is 4.74 Å². The van der Waals surface area contributed by atoms with E-state index in [2.05, 4.69) is 17.9 Å². The molecule has 2 atom stereocenters. The minimum atomic E-state index is 0.386. The van der Waals surface area contributed by atoms with Crippen molar-refractivity contribution in [3.8, 4) is 6.07 Å². The Balaban J connectivity index is 2.43. The SMILES string of the molecule is CCOC1CCCN(C(CC)CC#N)C1. The number of nitriles is 1. The van der Waals surface area contributed by atoms with Crippen molar-refractivity contribution in [1.29, 1.82) is 5.26 Å². The minimum absolute atomic E-state index is 0.386. The summed E-state index contributed by atoms with van der Waals surface area (Å²) in [5.74, 6) is 0. The van der Waals surface area contributed by atoms with E-state index in [9.17, 15) is 0 Å². The monoisotopic (exact) mass is 210 g/mol. The van der Waals surface area contributed by atoms with E-state index in [0.717, 1.165) is 26.1 Å². The minimum Gasteiger partial charge on any atom is -0.377 e. The predicted molar refractivity (Wildman–Crippen MR) is 60.5 cm³/mol.